The molecule has 9 rings (SSSR count). The zero-order chi connectivity index (χ0) is 54.1. The van der Waals surface area contributed by atoms with Crippen LogP contribution in [-0.2, 0) is 41.6 Å². The summed E-state index contributed by atoms with van der Waals surface area (Å²) in [6, 6.07) is 25.4. The van der Waals surface area contributed by atoms with Crippen LogP contribution in [0.1, 0.15) is 44.0 Å². The molecule has 3 aromatic carbocycles. The maximum absolute atomic E-state index is 14.0. The number of aromatic nitrogens is 5. The summed E-state index contributed by atoms with van der Waals surface area (Å²) in [5.41, 5.74) is 8.17. The van der Waals surface area contributed by atoms with Crippen molar-refractivity contribution >= 4 is 58.0 Å². The lowest BCUT2D eigenvalue weighted by Crippen LogP contribution is -2.58. The van der Waals surface area contributed by atoms with Crippen molar-refractivity contribution < 1.29 is 42.9 Å². The maximum atomic E-state index is 14.0. The molecule has 0 spiro atoms. The fourth-order valence-electron chi connectivity index (χ4n) is 9.49. The molecule has 3 N–H and O–H groups in total. The van der Waals surface area contributed by atoms with E-state index in [4.69, 9.17) is 23.6 Å². The number of nitrogens with zero attached hydrogens (tertiary/aromatic N) is 9. The number of rotatable bonds is 21. The van der Waals surface area contributed by atoms with E-state index in [0.29, 0.717) is 49.2 Å². The van der Waals surface area contributed by atoms with E-state index in [-0.39, 0.29) is 70.8 Å². The van der Waals surface area contributed by atoms with E-state index in [2.05, 4.69) is 42.8 Å². The van der Waals surface area contributed by atoms with Gasteiger partial charge in [0.2, 0.25) is 29.5 Å². The summed E-state index contributed by atoms with van der Waals surface area (Å²) in [6.07, 6.45) is 4.52. The number of β-amino-alcohol motifs (C(OH)–C–C–N with tert-alkyl or cyclic N) is 1. The number of furan rings is 1. The number of likely N-dealkylation sites (tertiary alicyclic amines) is 1. The first-order chi connectivity index (χ1) is 37.2. The highest BCUT2D eigenvalue weighted by Crippen LogP contribution is 2.32. The van der Waals surface area contributed by atoms with Crippen molar-refractivity contribution in [3.8, 4) is 27.4 Å². The molecule has 4 amide bonds. The average molecular weight is 1070 g/mol. The summed E-state index contributed by atoms with van der Waals surface area (Å²) in [6.45, 7) is 10.8. The van der Waals surface area contributed by atoms with Crippen LogP contribution in [0.4, 0.5) is 17.4 Å². The molecule has 3 atom stereocenters. The lowest BCUT2D eigenvalue weighted by atomic mass is 9.85. The van der Waals surface area contributed by atoms with E-state index < -0.39 is 35.4 Å². The molecule has 77 heavy (non-hydrogen) atoms. The standard InChI is InChI=1S/C56H65N11O9S/c1-37-51(77-36-59-37)41-13-11-38(12-14-41)31-58-54(71)45-30-43(68)33-66(45)55(72)52(56(2,3)4)61-46(69)34-74-25-24-73-26-27-75-44-9-6-8-39(28-44)29-48(70)65-21-19-64(20-22-65)42-17-15-40(16-18-42)50-53-62-60-35-67(53)47(32-57-50)63(5)49-10-7-23-76-49/h6-18,23,28,32,35-36,43,45,52,68H,19-22,24-27,29-31,33-34H2,1-5H3,(H,58,71)(H,61,69)/t43-,45+,52-/m1/s1. The van der Waals surface area contributed by atoms with Crippen LogP contribution < -0.4 is 25.2 Å². The van der Waals surface area contributed by atoms with Gasteiger partial charge in [-0.1, -0.05) is 69.3 Å². The Morgan fingerprint density at radius 3 is 2.38 bits per heavy atom. The van der Waals surface area contributed by atoms with Gasteiger partial charge >= 0.3 is 0 Å². The van der Waals surface area contributed by atoms with Crippen molar-refractivity contribution in [2.75, 3.05) is 82.6 Å². The molecule has 21 heteroatoms. The quantitative estimate of drug-likeness (QED) is 0.0735. The monoisotopic (exact) mass is 1070 g/mol. The number of aryl methyl sites for hydroxylation is 1. The SMILES string of the molecule is Cc1ncsc1-c1ccc(CNC(=O)[C@@H]2C[C@@H](O)CN2C(=O)[C@@H](NC(=O)COCCOCCOc2cccc(CC(=O)N3CCN(c4ccc(-c5ncc(N(C)c6ccco6)n6cnnc56)cc4)CC3)c2)C(C)(C)C)cc1. The molecule has 6 heterocycles. The molecule has 404 valence electrons. The second-order valence-corrected chi connectivity index (χ2v) is 21.1. The Labute approximate surface area is 451 Å². The van der Waals surface area contributed by atoms with Gasteiger partial charge in [-0.15, -0.1) is 21.5 Å². The highest BCUT2D eigenvalue weighted by molar-refractivity contribution is 7.13. The summed E-state index contributed by atoms with van der Waals surface area (Å²) in [5.74, 6) is 0.788. The largest absolute Gasteiger partial charge is 0.491 e. The fourth-order valence-corrected chi connectivity index (χ4v) is 10.3. The lowest BCUT2D eigenvalue weighted by Gasteiger charge is -2.36. The van der Waals surface area contributed by atoms with E-state index in [1.54, 1.807) is 30.1 Å². The van der Waals surface area contributed by atoms with Crippen molar-refractivity contribution in [1.82, 2.24) is 45.0 Å². The lowest BCUT2D eigenvalue weighted by molar-refractivity contribution is -0.144. The number of carbonyl (C=O) groups is 4. The zero-order valence-corrected chi connectivity index (χ0v) is 44.8. The number of piperazine rings is 1. The number of hydrogen-bond donors (Lipinski definition) is 3. The number of benzene rings is 3. The number of aliphatic hydroxyl groups is 1. The summed E-state index contributed by atoms with van der Waals surface area (Å²) in [7, 11) is 1.90. The topological polar surface area (TPSA) is 222 Å². The van der Waals surface area contributed by atoms with Gasteiger partial charge in [-0.3, -0.25) is 28.5 Å². The van der Waals surface area contributed by atoms with Crippen molar-refractivity contribution in [2.24, 2.45) is 5.41 Å². The van der Waals surface area contributed by atoms with Gasteiger partial charge in [0.15, 0.2) is 5.65 Å². The zero-order valence-electron chi connectivity index (χ0n) is 44.0. The van der Waals surface area contributed by atoms with E-state index in [0.717, 1.165) is 44.3 Å². The number of nitrogens with one attached hydrogen (secondary N) is 2. The van der Waals surface area contributed by atoms with Gasteiger partial charge in [0.1, 0.15) is 48.9 Å². The molecule has 2 fully saturated rings. The predicted octanol–water partition coefficient (Wildman–Crippen LogP) is 5.70. The van der Waals surface area contributed by atoms with Crippen molar-refractivity contribution in [3.05, 3.63) is 126 Å². The average Bonchev–Trinajstić information content (AvgIpc) is 4.32. The van der Waals surface area contributed by atoms with Crippen LogP contribution in [-0.4, -0.2) is 154 Å². The Bertz CT molecular complexity index is 3110. The normalized spacial score (nSPS) is 16.2. The molecule has 0 unspecified atom stereocenters. The van der Waals surface area contributed by atoms with Crippen LogP contribution in [0.3, 0.4) is 0 Å². The Morgan fingerprint density at radius 1 is 0.896 bits per heavy atom. The molecule has 0 radical (unpaired) electrons. The van der Waals surface area contributed by atoms with Crippen LogP contribution in [0.15, 0.2) is 114 Å². The second kappa shape index (κ2) is 24.5. The Kier molecular flexibility index (Phi) is 17.2. The predicted molar refractivity (Wildman–Crippen MR) is 291 cm³/mol. The highest BCUT2D eigenvalue weighted by atomic mass is 32.1. The van der Waals surface area contributed by atoms with Crippen LogP contribution in [0.2, 0.25) is 0 Å². The molecular weight excluding hydrogens is 1000 g/mol. The Balaban J connectivity index is 0.657. The van der Waals surface area contributed by atoms with Crippen LogP contribution in [0.5, 0.6) is 5.75 Å². The van der Waals surface area contributed by atoms with Crippen LogP contribution >= 0.6 is 11.3 Å². The number of fused-ring (bicyclic) bond motifs is 1. The van der Waals surface area contributed by atoms with Crippen molar-refractivity contribution in [3.63, 3.8) is 0 Å². The first kappa shape index (κ1) is 54.1. The summed E-state index contributed by atoms with van der Waals surface area (Å²) in [5, 5.41) is 24.8. The number of amides is 4. The van der Waals surface area contributed by atoms with Crippen molar-refractivity contribution in [2.45, 2.75) is 65.3 Å². The van der Waals surface area contributed by atoms with Gasteiger partial charge in [-0.2, -0.15) is 0 Å². The number of carbonyl (C=O) groups excluding carboxylic acids is 4. The van der Waals surface area contributed by atoms with Gasteiger partial charge in [0.25, 0.3) is 0 Å². The van der Waals surface area contributed by atoms with Crippen molar-refractivity contribution in [1.29, 1.82) is 0 Å². The molecular formula is C56H65N11O9S. The number of aliphatic hydroxyl groups excluding tert-OH is 1. The minimum Gasteiger partial charge on any atom is -0.491 e. The second-order valence-electron chi connectivity index (χ2n) is 20.2. The van der Waals surface area contributed by atoms with Crippen LogP contribution in [0, 0.1) is 12.3 Å². The smallest absolute Gasteiger partial charge is 0.246 e. The number of ether oxygens (including phenoxy) is 3. The van der Waals surface area contributed by atoms with Gasteiger partial charge in [0.05, 0.1) is 60.9 Å². The fraction of sp³-hybridized carbons (Fsp3) is 0.393. The summed E-state index contributed by atoms with van der Waals surface area (Å²) < 4.78 is 24.7. The third kappa shape index (κ3) is 13.3. The van der Waals surface area contributed by atoms with Gasteiger partial charge in [0, 0.05) is 70.1 Å². The number of hydrogen-bond acceptors (Lipinski definition) is 16. The molecule has 0 aliphatic carbocycles. The van der Waals surface area contributed by atoms with E-state index in [1.165, 1.54) is 4.90 Å². The molecule has 0 saturated carbocycles. The third-order valence-corrected chi connectivity index (χ3v) is 14.7. The van der Waals surface area contributed by atoms with E-state index >= 15 is 0 Å². The van der Waals surface area contributed by atoms with Gasteiger partial charge in [-0.05, 0) is 59.4 Å². The molecule has 2 saturated heterocycles. The molecule has 7 aromatic rings. The number of thiazole rings is 1. The molecule has 2 aliphatic heterocycles. The third-order valence-electron chi connectivity index (χ3n) is 13.7. The minimum atomic E-state index is -0.982. The van der Waals surface area contributed by atoms with E-state index in [1.807, 2.05) is 127 Å². The summed E-state index contributed by atoms with van der Waals surface area (Å²) >= 11 is 1.57. The Morgan fingerprint density at radius 2 is 1.65 bits per heavy atom. The highest BCUT2D eigenvalue weighted by Gasteiger charge is 2.44. The van der Waals surface area contributed by atoms with E-state index in [9.17, 15) is 24.3 Å². The van der Waals surface area contributed by atoms with Gasteiger partial charge < -0.3 is 49.1 Å². The Hall–Kier alpha value is -7.72. The number of anilines is 3. The van der Waals surface area contributed by atoms with Gasteiger partial charge in [-0.25, -0.2) is 9.97 Å². The molecule has 4 aromatic heterocycles. The first-order valence-corrected chi connectivity index (χ1v) is 26.6. The minimum absolute atomic E-state index is 0.0261. The molecule has 0 bridgehead atoms. The summed E-state index contributed by atoms with van der Waals surface area (Å²) in [4.78, 5) is 71.6. The molecule has 20 nitrogen and oxygen atoms in total. The molecule has 2 aliphatic rings. The first-order valence-electron chi connectivity index (χ1n) is 25.7. The maximum Gasteiger partial charge on any atom is 0.246 e. The van der Waals surface area contributed by atoms with Crippen LogP contribution in [0.25, 0.3) is 27.3 Å².